The SMILES string of the molecule is CCCCCCCCCCc1c(CCCCCCCCCC)c(CCCCCCCCCC)c(C2(N)C=C(N)C=C(C(=O)O)C2)c(CCCCCCCCCC)c1CCCCCCCCCC. The lowest BCUT2D eigenvalue weighted by atomic mass is 9.69. The number of allylic oxidation sites excluding steroid dienone is 1. The van der Waals surface area contributed by atoms with E-state index in [2.05, 4.69) is 40.7 Å². The van der Waals surface area contributed by atoms with Crippen molar-refractivity contribution in [2.75, 3.05) is 0 Å². The van der Waals surface area contributed by atoms with E-state index in [-0.39, 0.29) is 0 Å². The van der Waals surface area contributed by atoms with E-state index < -0.39 is 11.5 Å². The standard InChI is InChI=1S/C63H114N2O2/c1-6-11-16-21-26-31-36-41-46-56-57(47-42-37-32-27-22-17-12-7-2)59(49-44-39-34-29-24-19-14-9-4)61(63(65)52-54(62(66)67)51-55(64)53-63)60(50-45-40-35-30-25-20-15-10-5)58(56)48-43-38-33-28-23-18-13-8-3/h51,53H,6-50,52,64-65H2,1-5H3,(H,66,67). The number of nitrogens with two attached hydrogens (primary N) is 2. The van der Waals surface area contributed by atoms with Gasteiger partial charge < -0.3 is 16.6 Å². The quantitative estimate of drug-likeness (QED) is 0.0568. The summed E-state index contributed by atoms with van der Waals surface area (Å²) in [7, 11) is 0. The van der Waals surface area contributed by atoms with Crippen molar-refractivity contribution in [2.45, 2.75) is 336 Å². The molecule has 1 aliphatic carbocycles. The highest BCUT2D eigenvalue weighted by atomic mass is 16.4. The first-order valence-corrected chi connectivity index (χ1v) is 30.2. The highest BCUT2D eigenvalue weighted by molar-refractivity contribution is 5.88. The van der Waals surface area contributed by atoms with Crippen molar-refractivity contribution < 1.29 is 9.90 Å². The number of carboxylic acids is 1. The van der Waals surface area contributed by atoms with E-state index in [9.17, 15) is 9.90 Å². The van der Waals surface area contributed by atoms with E-state index >= 15 is 0 Å². The molecular formula is C63H114N2O2. The summed E-state index contributed by atoms with van der Waals surface area (Å²) in [4.78, 5) is 12.9. The van der Waals surface area contributed by atoms with Crippen LogP contribution in [0, 0.1) is 0 Å². The molecule has 67 heavy (non-hydrogen) atoms. The highest BCUT2D eigenvalue weighted by Gasteiger charge is 2.38. The first kappa shape index (κ1) is 61.1. The van der Waals surface area contributed by atoms with E-state index in [1.807, 2.05) is 0 Å². The summed E-state index contributed by atoms with van der Waals surface area (Å²) >= 11 is 0. The molecule has 0 spiro atoms. The summed E-state index contributed by atoms with van der Waals surface area (Å²) in [6, 6.07) is 0. The Morgan fingerprint density at radius 1 is 0.403 bits per heavy atom. The fourth-order valence-electron chi connectivity index (χ4n) is 11.5. The summed E-state index contributed by atoms with van der Waals surface area (Å²) < 4.78 is 0. The van der Waals surface area contributed by atoms with Gasteiger partial charge in [0.05, 0.1) is 5.54 Å². The number of benzene rings is 1. The van der Waals surface area contributed by atoms with Crippen molar-refractivity contribution in [3.8, 4) is 0 Å². The third-order valence-electron chi connectivity index (χ3n) is 15.5. The maximum Gasteiger partial charge on any atom is 0.331 e. The zero-order chi connectivity index (χ0) is 48.6. The predicted molar refractivity (Wildman–Crippen MR) is 296 cm³/mol. The van der Waals surface area contributed by atoms with Crippen LogP contribution in [0.15, 0.2) is 23.4 Å². The number of aliphatic carboxylic acids is 1. The molecule has 5 N–H and O–H groups in total. The molecule has 0 saturated carbocycles. The Morgan fingerprint density at radius 3 is 0.881 bits per heavy atom. The molecule has 0 heterocycles. The van der Waals surface area contributed by atoms with Crippen LogP contribution >= 0.6 is 0 Å². The Balaban J connectivity index is 2.81. The van der Waals surface area contributed by atoms with Gasteiger partial charge in [-0.15, -0.1) is 0 Å². The van der Waals surface area contributed by atoms with Crippen LogP contribution in [0.5, 0.6) is 0 Å². The molecule has 1 aromatic carbocycles. The largest absolute Gasteiger partial charge is 0.478 e. The van der Waals surface area contributed by atoms with Gasteiger partial charge >= 0.3 is 5.97 Å². The minimum atomic E-state index is -0.934. The third-order valence-corrected chi connectivity index (χ3v) is 15.5. The molecule has 1 unspecified atom stereocenters. The smallest absolute Gasteiger partial charge is 0.331 e. The van der Waals surface area contributed by atoms with Crippen LogP contribution in [-0.2, 0) is 42.4 Å². The van der Waals surface area contributed by atoms with Gasteiger partial charge in [-0.1, -0.05) is 259 Å². The average Bonchev–Trinajstić information content (AvgIpc) is 3.31. The molecule has 0 bridgehead atoms. The van der Waals surface area contributed by atoms with E-state index in [4.69, 9.17) is 11.5 Å². The molecule has 0 aromatic heterocycles. The van der Waals surface area contributed by atoms with Gasteiger partial charge in [0, 0.05) is 17.7 Å². The van der Waals surface area contributed by atoms with Gasteiger partial charge in [-0.3, -0.25) is 0 Å². The number of hydrogen-bond acceptors (Lipinski definition) is 3. The van der Waals surface area contributed by atoms with Crippen LogP contribution < -0.4 is 11.5 Å². The molecule has 1 atom stereocenters. The van der Waals surface area contributed by atoms with Gasteiger partial charge in [-0.2, -0.15) is 0 Å². The molecular weight excluding hydrogens is 817 g/mol. The van der Waals surface area contributed by atoms with Crippen molar-refractivity contribution >= 4 is 5.97 Å². The predicted octanol–water partition coefficient (Wildman–Crippen LogP) is 19.5. The lowest BCUT2D eigenvalue weighted by Gasteiger charge is -2.38. The average molecular weight is 932 g/mol. The second-order valence-corrected chi connectivity index (χ2v) is 21.7. The second-order valence-electron chi connectivity index (χ2n) is 21.7. The molecule has 1 aliphatic rings. The Hall–Kier alpha value is -2.07. The third kappa shape index (κ3) is 26.6. The van der Waals surface area contributed by atoms with Crippen LogP contribution in [0.4, 0.5) is 0 Å². The molecule has 0 amide bonds. The van der Waals surface area contributed by atoms with Gasteiger partial charge in [0.1, 0.15) is 0 Å². The summed E-state index contributed by atoms with van der Waals surface area (Å²) in [6.07, 6.45) is 62.3. The fraction of sp³-hybridized carbons (Fsp3) is 0.825. The minimum absolute atomic E-state index is 0.309. The first-order chi connectivity index (χ1) is 32.8. The molecule has 388 valence electrons. The highest BCUT2D eigenvalue weighted by Crippen LogP contribution is 2.43. The molecule has 4 nitrogen and oxygen atoms in total. The summed E-state index contributed by atoms with van der Waals surface area (Å²) in [5, 5.41) is 10.5. The van der Waals surface area contributed by atoms with Crippen molar-refractivity contribution in [3.05, 3.63) is 56.8 Å². The molecule has 1 aromatic rings. The molecule has 2 rings (SSSR count). The Kier molecular flexibility index (Phi) is 37.0. The zero-order valence-electron chi connectivity index (χ0n) is 45.7. The molecule has 0 aliphatic heterocycles. The summed E-state index contributed by atoms with van der Waals surface area (Å²) in [6.45, 7) is 11.6. The molecule has 0 radical (unpaired) electrons. The number of hydrogen-bond donors (Lipinski definition) is 3. The van der Waals surface area contributed by atoms with Crippen LogP contribution in [0.25, 0.3) is 0 Å². The Bertz CT molecular complexity index is 1380. The lowest BCUT2D eigenvalue weighted by molar-refractivity contribution is -0.133. The summed E-state index contributed by atoms with van der Waals surface area (Å²) in [5.74, 6) is -0.884. The summed E-state index contributed by atoms with van der Waals surface area (Å²) in [5.41, 5.74) is 23.9. The fourth-order valence-corrected chi connectivity index (χ4v) is 11.5. The van der Waals surface area contributed by atoms with Crippen molar-refractivity contribution in [3.63, 3.8) is 0 Å². The maximum atomic E-state index is 12.9. The van der Waals surface area contributed by atoms with Crippen molar-refractivity contribution in [2.24, 2.45) is 11.5 Å². The van der Waals surface area contributed by atoms with Gasteiger partial charge in [0.15, 0.2) is 0 Å². The van der Waals surface area contributed by atoms with E-state index in [0.29, 0.717) is 17.7 Å². The Morgan fingerprint density at radius 2 is 0.627 bits per heavy atom. The maximum absolute atomic E-state index is 12.9. The first-order valence-electron chi connectivity index (χ1n) is 30.2. The number of rotatable bonds is 47. The molecule has 0 saturated heterocycles. The molecule has 4 heteroatoms. The lowest BCUT2D eigenvalue weighted by Crippen LogP contribution is -2.41. The minimum Gasteiger partial charge on any atom is -0.478 e. The van der Waals surface area contributed by atoms with Crippen molar-refractivity contribution in [1.29, 1.82) is 0 Å². The zero-order valence-corrected chi connectivity index (χ0v) is 45.7. The Labute approximate surface area is 417 Å². The van der Waals surface area contributed by atoms with Gasteiger partial charge in [-0.25, -0.2) is 4.79 Å². The topological polar surface area (TPSA) is 89.3 Å². The number of unbranched alkanes of at least 4 members (excludes halogenated alkanes) is 35. The van der Waals surface area contributed by atoms with E-state index in [1.54, 1.807) is 22.8 Å². The van der Waals surface area contributed by atoms with Crippen LogP contribution in [-0.4, -0.2) is 11.1 Å². The van der Waals surface area contributed by atoms with Crippen LogP contribution in [0.2, 0.25) is 0 Å². The van der Waals surface area contributed by atoms with E-state index in [0.717, 1.165) is 25.7 Å². The number of carbonyl (C=O) groups is 1. The second kappa shape index (κ2) is 40.6. The van der Waals surface area contributed by atoms with E-state index in [1.165, 1.54) is 280 Å². The van der Waals surface area contributed by atoms with Crippen LogP contribution in [0.3, 0.4) is 0 Å². The normalized spacial score (nSPS) is 15.1. The van der Waals surface area contributed by atoms with Gasteiger partial charge in [-0.05, 0) is 110 Å². The van der Waals surface area contributed by atoms with Gasteiger partial charge in [0.25, 0.3) is 0 Å². The number of carboxylic acid groups (broad SMARTS) is 1. The molecule has 0 fully saturated rings. The van der Waals surface area contributed by atoms with Crippen LogP contribution in [0.1, 0.15) is 331 Å². The van der Waals surface area contributed by atoms with Crippen molar-refractivity contribution in [1.82, 2.24) is 0 Å². The van der Waals surface area contributed by atoms with Gasteiger partial charge in [0.2, 0.25) is 0 Å². The monoisotopic (exact) mass is 931 g/mol.